The highest BCUT2D eigenvalue weighted by Gasteiger charge is 2.01. The van der Waals surface area contributed by atoms with Gasteiger partial charge in [-0.3, -0.25) is 0 Å². The van der Waals surface area contributed by atoms with Gasteiger partial charge in [-0.05, 0) is 0 Å². The summed E-state index contributed by atoms with van der Waals surface area (Å²) in [6.07, 6.45) is 1.89. The van der Waals surface area contributed by atoms with Crippen LogP contribution >= 0.6 is 0 Å². The predicted octanol–water partition coefficient (Wildman–Crippen LogP) is -1.35. The lowest BCUT2D eigenvalue weighted by molar-refractivity contribution is -0.142. The van der Waals surface area contributed by atoms with E-state index in [4.69, 9.17) is 29.2 Å². The highest BCUT2D eigenvalue weighted by Crippen LogP contribution is 1.87. The maximum atomic E-state index is 11.1. The molecule has 0 fully saturated rings. The van der Waals surface area contributed by atoms with Crippen molar-refractivity contribution in [2.24, 2.45) is 0 Å². The fourth-order valence-corrected chi connectivity index (χ4v) is 0.968. The Morgan fingerprint density at radius 3 is 1.45 bits per heavy atom. The van der Waals surface area contributed by atoms with E-state index in [0.717, 1.165) is 12.2 Å². The summed E-state index contributed by atoms with van der Waals surface area (Å²) in [4.78, 5) is 22.2. The van der Waals surface area contributed by atoms with E-state index in [0.29, 0.717) is 0 Å². The maximum absolute atomic E-state index is 11.1. The summed E-state index contributed by atoms with van der Waals surface area (Å²) in [5.74, 6) is -1.38. The molecule has 0 aliphatic rings. The highest BCUT2D eigenvalue weighted by molar-refractivity contribution is 5.91. The second-order valence-corrected chi connectivity index (χ2v) is 3.34. The Morgan fingerprint density at radius 1 is 0.700 bits per heavy atom. The number of carbonyl (C=O) groups excluding carboxylic acids is 2. The highest BCUT2D eigenvalue weighted by atomic mass is 16.6. The lowest BCUT2D eigenvalue weighted by Gasteiger charge is -2.03. The molecular formula is C12H20O8. The Morgan fingerprint density at radius 2 is 1.10 bits per heavy atom. The van der Waals surface area contributed by atoms with E-state index in [2.05, 4.69) is 0 Å². The van der Waals surface area contributed by atoms with Gasteiger partial charge in [0.1, 0.15) is 13.2 Å². The third-order valence-corrected chi connectivity index (χ3v) is 1.77. The van der Waals surface area contributed by atoms with Crippen molar-refractivity contribution < 1.29 is 38.7 Å². The van der Waals surface area contributed by atoms with Gasteiger partial charge in [-0.15, -0.1) is 0 Å². The summed E-state index contributed by atoms with van der Waals surface area (Å²) in [6, 6.07) is 0. The van der Waals surface area contributed by atoms with Crippen LogP contribution in [0.5, 0.6) is 0 Å². The van der Waals surface area contributed by atoms with Gasteiger partial charge in [0.25, 0.3) is 0 Å². The van der Waals surface area contributed by atoms with Gasteiger partial charge < -0.3 is 29.2 Å². The predicted molar refractivity (Wildman–Crippen MR) is 66.9 cm³/mol. The van der Waals surface area contributed by atoms with Gasteiger partial charge >= 0.3 is 11.9 Å². The van der Waals surface area contributed by atoms with E-state index in [1.54, 1.807) is 0 Å². The van der Waals surface area contributed by atoms with Crippen LogP contribution in [0.1, 0.15) is 0 Å². The molecule has 0 unspecified atom stereocenters. The average Bonchev–Trinajstić information content (AvgIpc) is 2.44. The van der Waals surface area contributed by atoms with Crippen LogP contribution in [-0.2, 0) is 28.5 Å². The van der Waals surface area contributed by atoms with Crippen molar-refractivity contribution in [3.63, 3.8) is 0 Å². The molecule has 2 N–H and O–H groups in total. The zero-order valence-corrected chi connectivity index (χ0v) is 11.2. The first-order chi connectivity index (χ1) is 9.70. The molecule has 0 aromatic rings. The number of aliphatic hydroxyl groups excluding tert-OH is 2. The summed E-state index contributed by atoms with van der Waals surface area (Å²) in [5.41, 5.74) is 0. The third-order valence-electron chi connectivity index (χ3n) is 1.77. The van der Waals surface area contributed by atoms with Crippen LogP contribution in [0, 0.1) is 0 Å². The molecule has 116 valence electrons. The van der Waals surface area contributed by atoms with Crippen molar-refractivity contribution in [3.8, 4) is 0 Å². The summed E-state index contributed by atoms with van der Waals surface area (Å²) in [6.45, 7) is 0.583. The molecule has 0 saturated carbocycles. The second kappa shape index (κ2) is 13.9. The summed E-state index contributed by atoms with van der Waals surface area (Å²) >= 11 is 0. The van der Waals surface area contributed by atoms with Crippen LogP contribution in [-0.4, -0.2) is 75.0 Å². The normalized spacial score (nSPS) is 10.7. The first-order valence-corrected chi connectivity index (χ1v) is 6.09. The van der Waals surface area contributed by atoms with Crippen molar-refractivity contribution in [2.45, 2.75) is 0 Å². The van der Waals surface area contributed by atoms with Crippen molar-refractivity contribution in [3.05, 3.63) is 12.2 Å². The summed E-state index contributed by atoms with van der Waals surface area (Å²) in [7, 11) is 0. The number of hydrogen-bond donors (Lipinski definition) is 2. The number of hydrogen-bond acceptors (Lipinski definition) is 8. The van der Waals surface area contributed by atoms with Crippen LogP contribution in [0.4, 0.5) is 0 Å². The van der Waals surface area contributed by atoms with E-state index in [1.807, 2.05) is 0 Å². The first-order valence-electron chi connectivity index (χ1n) is 6.09. The van der Waals surface area contributed by atoms with Gasteiger partial charge in [0.15, 0.2) is 0 Å². The van der Waals surface area contributed by atoms with Crippen molar-refractivity contribution in [1.29, 1.82) is 0 Å². The van der Waals surface area contributed by atoms with Crippen LogP contribution in [0.15, 0.2) is 12.2 Å². The monoisotopic (exact) mass is 292 g/mol. The second-order valence-electron chi connectivity index (χ2n) is 3.34. The minimum Gasteiger partial charge on any atom is -0.460 e. The van der Waals surface area contributed by atoms with Crippen molar-refractivity contribution in [1.82, 2.24) is 0 Å². The summed E-state index contributed by atoms with van der Waals surface area (Å²) < 4.78 is 19.1. The molecule has 8 nitrogen and oxygen atoms in total. The van der Waals surface area contributed by atoms with E-state index in [1.165, 1.54) is 0 Å². The number of esters is 2. The molecule has 0 aromatic carbocycles. The van der Waals surface area contributed by atoms with Gasteiger partial charge in [-0.2, -0.15) is 0 Å². The standard InChI is InChI=1S/C12H20O8/c13-3-5-17-7-9-19-11(15)1-2-12(16)20-10-8-18-6-4-14/h1-2,13-14H,3-10H2/b2-1-. The smallest absolute Gasteiger partial charge is 0.331 e. The quantitative estimate of drug-likeness (QED) is 0.258. The minimum atomic E-state index is -0.689. The van der Waals surface area contributed by atoms with Gasteiger partial charge in [-0.25, -0.2) is 9.59 Å². The Labute approximate surface area is 116 Å². The molecule has 0 saturated heterocycles. The molecule has 0 bridgehead atoms. The lowest BCUT2D eigenvalue weighted by Crippen LogP contribution is -2.12. The number of rotatable bonds is 12. The summed E-state index contributed by atoms with van der Waals surface area (Å²) in [5, 5.41) is 16.8. The molecule has 0 aliphatic heterocycles. The van der Waals surface area contributed by atoms with Crippen molar-refractivity contribution >= 4 is 11.9 Å². The molecule has 0 aliphatic carbocycles. The fourth-order valence-electron chi connectivity index (χ4n) is 0.968. The molecule has 0 spiro atoms. The Balaban J connectivity index is 3.54. The Bertz CT molecular complexity index is 261. The van der Waals surface area contributed by atoms with Gasteiger partial charge in [0.2, 0.25) is 0 Å². The Hall–Kier alpha value is -1.48. The third kappa shape index (κ3) is 13.0. The zero-order valence-electron chi connectivity index (χ0n) is 11.2. The molecular weight excluding hydrogens is 272 g/mol. The van der Waals surface area contributed by atoms with E-state index in [9.17, 15) is 9.59 Å². The van der Waals surface area contributed by atoms with Crippen LogP contribution in [0.3, 0.4) is 0 Å². The number of aliphatic hydroxyl groups is 2. The molecule has 0 atom stereocenters. The molecule has 0 radical (unpaired) electrons. The topological polar surface area (TPSA) is 112 Å². The zero-order chi connectivity index (χ0) is 15.1. The van der Waals surface area contributed by atoms with Gasteiger partial charge in [0, 0.05) is 12.2 Å². The SMILES string of the molecule is O=C(/C=C\C(=O)OCCOCCO)OCCOCCO. The van der Waals surface area contributed by atoms with Gasteiger partial charge in [-0.1, -0.05) is 0 Å². The number of carbonyl (C=O) groups is 2. The molecule has 0 amide bonds. The van der Waals surface area contributed by atoms with Gasteiger partial charge in [0.05, 0.1) is 39.6 Å². The van der Waals surface area contributed by atoms with Crippen LogP contribution in [0.2, 0.25) is 0 Å². The lowest BCUT2D eigenvalue weighted by atomic mass is 10.5. The molecule has 0 rings (SSSR count). The molecule has 0 heterocycles. The van der Waals surface area contributed by atoms with E-state index in [-0.39, 0.29) is 52.9 Å². The van der Waals surface area contributed by atoms with E-state index < -0.39 is 11.9 Å². The molecule has 0 aromatic heterocycles. The molecule has 8 heteroatoms. The Kier molecular flexibility index (Phi) is 12.9. The van der Waals surface area contributed by atoms with E-state index >= 15 is 0 Å². The number of ether oxygens (including phenoxy) is 4. The van der Waals surface area contributed by atoms with Crippen LogP contribution < -0.4 is 0 Å². The largest absolute Gasteiger partial charge is 0.460 e. The first kappa shape index (κ1) is 18.5. The maximum Gasteiger partial charge on any atom is 0.331 e. The minimum absolute atomic E-state index is 0.0349. The van der Waals surface area contributed by atoms with Crippen LogP contribution in [0.25, 0.3) is 0 Å². The van der Waals surface area contributed by atoms with Crippen molar-refractivity contribution in [2.75, 3.05) is 52.9 Å². The average molecular weight is 292 g/mol. The fraction of sp³-hybridized carbons (Fsp3) is 0.667. The molecule has 20 heavy (non-hydrogen) atoms.